The quantitative estimate of drug-likeness (QED) is 0.721. The monoisotopic (exact) mass is 371 g/mol. The number of hydrogen-bond acceptors (Lipinski definition) is 5. The molecule has 1 atom stereocenters. The minimum Gasteiger partial charge on any atom is -0.508 e. The summed E-state index contributed by atoms with van der Waals surface area (Å²) >= 11 is 0. The van der Waals surface area contributed by atoms with E-state index < -0.39 is 18.1 Å². The van der Waals surface area contributed by atoms with Gasteiger partial charge in [0.2, 0.25) is 0 Å². The van der Waals surface area contributed by atoms with Crippen LogP contribution in [0.15, 0.2) is 36.4 Å². The van der Waals surface area contributed by atoms with Crippen LogP contribution in [-0.2, 0) is 22.4 Å². The second-order valence-electron chi connectivity index (χ2n) is 6.34. The average molecular weight is 371 g/mol. The number of aliphatic carboxylic acids is 1. The van der Waals surface area contributed by atoms with Gasteiger partial charge in [-0.25, -0.2) is 9.59 Å². The predicted octanol–water partition coefficient (Wildman–Crippen LogP) is 2.78. The highest BCUT2D eigenvalue weighted by molar-refractivity contribution is 5.83. The number of carboxylic acid groups (broad SMARTS) is 1. The van der Waals surface area contributed by atoms with E-state index in [1.54, 1.807) is 0 Å². The van der Waals surface area contributed by atoms with E-state index in [1.165, 1.54) is 6.07 Å². The van der Waals surface area contributed by atoms with Crippen molar-refractivity contribution >= 4 is 12.1 Å². The zero-order chi connectivity index (χ0) is 19.6. The number of rotatable bonds is 6. The van der Waals surface area contributed by atoms with Crippen LogP contribution in [0, 0.1) is 0 Å². The fourth-order valence-electron chi connectivity index (χ4n) is 3.48. The molecule has 0 aromatic heterocycles. The summed E-state index contributed by atoms with van der Waals surface area (Å²) in [6.07, 6.45) is 0.119. The highest BCUT2D eigenvalue weighted by Crippen LogP contribution is 2.40. The molecule has 0 radical (unpaired) electrons. The molecular formula is C20H21NO6. The van der Waals surface area contributed by atoms with Crippen molar-refractivity contribution in [1.82, 2.24) is 4.90 Å². The number of ether oxygens (including phenoxy) is 1. The first kappa shape index (κ1) is 18.6. The van der Waals surface area contributed by atoms with Gasteiger partial charge < -0.3 is 20.1 Å². The number of phenols is 2. The van der Waals surface area contributed by atoms with E-state index in [2.05, 4.69) is 0 Å². The molecule has 2 aromatic carbocycles. The second kappa shape index (κ2) is 7.57. The summed E-state index contributed by atoms with van der Waals surface area (Å²) < 4.78 is 4.85. The number of carbonyl (C=O) groups is 2. The van der Waals surface area contributed by atoms with Gasteiger partial charge in [0.1, 0.15) is 18.1 Å². The number of amides is 1. The van der Waals surface area contributed by atoms with Crippen LogP contribution in [-0.4, -0.2) is 51.5 Å². The van der Waals surface area contributed by atoms with Gasteiger partial charge >= 0.3 is 12.1 Å². The Labute approximate surface area is 156 Å². The Morgan fingerprint density at radius 2 is 1.89 bits per heavy atom. The summed E-state index contributed by atoms with van der Waals surface area (Å²) in [5.74, 6) is -1.22. The van der Waals surface area contributed by atoms with E-state index in [1.807, 2.05) is 37.3 Å². The summed E-state index contributed by atoms with van der Waals surface area (Å²) in [6, 6.07) is 9.52. The minimum absolute atomic E-state index is 0.0246. The van der Waals surface area contributed by atoms with Crippen LogP contribution in [0.3, 0.4) is 0 Å². The number of aromatic hydroxyl groups is 2. The summed E-state index contributed by atoms with van der Waals surface area (Å²) in [4.78, 5) is 24.4. The third-order valence-electron chi connectivity index (χ3n) is 4.78. The van der Waals surface area contributed by atoms with Crippen LogP contribution in [0.25, 0.3) is 11.1 Å². The van der Waals surface area contributed by atoms with Crippen LogP contribution >= 0.6 is 0 Å². The lowest BCUT2D eigenvalue weighted by molar-refractivity contribution is -0.141. The zero-order valence-electron chi connectivity index (χ0n) is 14.9. The van der Waals surface area contributed by atoms with Gasteiger partial charge in [-0.05, 0) is 29.5 Å². The molecule has 7 nitrogen and oxygen atoms in total. The number of hydrogen-bond donors (Lipinski definition) is 3. The first-order valence-corrected chi connectivity index (χ1v) is 8.72. The van der Waals surface area contributed by atoms with Gasteiger partial charge in [-0.3, -0.25) is 4.90 Å². The van der Waals surface area contributed by atoms with Crippen LogP contribution in [0.1, 0.15) is 18.1 Å². The molecular weight excluding hydrogens is 350 g/mol. The topological polar surface area (TPSA) is 107 Å². The smallest absolute Gasteiger partial charge is 0.410 e. The van der Waals surface area contributed by atoms with Crippen LogP contribution < -0.4 is 0 Å². The minimum atomic E-state index is -1.13. The van der Waals surface area contributed by atoms with Gasteiger partial charge in [0, 0.05) is 18.2 Å². The van der Waals surface area contributed by atoms with Gasteiger partial charge in [0.15, 0.2) is 6.04 Å². The highest BCUT2D eigenvalue weighted by atomic mass is 16.6. The molecule has 3 N–H and O–H groups in total. The number of carbonyl (C=O) groups excluding carboxylic acids is 1. The van der Waals surface area contributed by atoms with Gasteiger partial charge in [0.05, 0.1) is 0 Å². The van der Waals surface area contributed by atoms with Crippen molar-refractivity contribution < 1.29 is 29.6 Å². The normalized spacial score (nSPS) is 16.4. The van der Waals surface area contributed by atoms with Gasteiger partial charge in [-0.1, -0.05) is 37.3 Å². The Morgan fingerprint density at radius 3 is 2.52 bits per heavy atom. The predicted molar refractivity (Wildman–Crippen MR) is 97.8 cm³/mol. The van der Waals surface area contributed by atoms with Crippen LogP contribution in [0.4, 0.5) is 4.79 Å². The fraction of sp³-hybridized carbons (Fsp3) is 0.300. The van der Waals surface area contributed by atoms with Gasteiger partial charge in [-0.2, -0.15) is 0 Å². The summed E-state index contributed by atoms with van der Waals surface area (Å²) in [5, 5.41) is 30.0. The van der Waals surface area contributed by atoms with Gasteiger partial charge in [0.25, 0.3) is 0 Å². The Morgan fingerprint density at radius 1 is 1.19 bits per heavy atom. The van der Waals surface area contributed by atoms with E-state index in [-0.39, 0.29) is 31.1 Å². The first-order chi connectivity index (χ1) is 12.9. The van der Waals surface area contributed by atoms with Crippen molar-refractivity contribution in [3.63, 3.8) is 0 Å². The maximum absolute atomic E-state index is 11.9. The molecule has 27 heavy (non-hydrogen) atoms. The molecule has 0 spiro atoms. The molecule has 1 aliphatic heterocycles. The molecule has 142 valence electrons. The fourth-order valence-corrected chi connectivity index (χ4v) is 3.48. The lowest BCUT2D eigenvalue weighted by Gasteiger charge is -2.22. The summed E-state index contributed by atoms with van der Waals surface area (Å²) in [7, 11) is 0. The SMILES string of the molecule is CCc1c(O)cc(O)c(-c2ccccc2)c1CCN1C(=O)OCC1C(=O)O. The van der Waals surface area contributed by atoms with E-state index in [0.29, 0.717) is 23.1 Å². The Hall–Kier alpha value is -3.22. The zero-order valence-corrected chi connectivity index (χ0v) is 14.9. The number of carboxylic acids is 1. The average Bonchev–Trinajstić information content (AvgIpc) is 3.01. The van der Waals surface area contributed by atoms with E-state index in [0.717, 1.165) is 10.5 Å². The largest absolute Gasteiger partial charge is 0.508 e. The molecule has 2 aromatic rings. The summed E-state index contributed by atoms with van der Waals surface area (Å²) in [6.45, 7) is 1.80. The van der Waals surface area contributed by atoms with Crippen molar-refractivity contribution in [2.24, 2.45) is 0 Å². The number of phenolic OH excluding ortho intramolecular Hbond substituents is 2. The van der Waals surface area contributed by atoms with E-state index in [9.17, 15) is 24.9 Å². The van der Waals surface area contributed by atoms with Gasteiger partial charge in [-0.15, -0.1) is 0 Å². The van der Waals surface area contributed by atoms with E-state index >= 15 is 0 Å². The number of benzene rings is 2. The molecule has 7 heteroatoms. The number of nitrogens with zero attached hydrogens (tertiary/aromatic N) is 1. The Balaban J connectivity index is 2.01. The molecule has 1 saturated heterocycles. The lowest BCUT2D eigenvalue weighted by Crippen LogP contribution is -2.40. The second-order valence-corrected chi connectivity index (χ2v) is 6.34. The van der Waals surface area contributed by atoms with Crippen LogP contribution in [0.5, 0.6) is 11.5 Å². The van der Waals surface area contributed by atoms with Crippen LogP contribution in [0.2, 0.25) is 0 Å². The molecule has 1 amide bonds. The van der Waals surface area contributed by atoms with Crippen molar-refractivity contribution in [2.75, 3.05) is 13.2 Å². The maximum atomic E-state index is 11.9. The molecule has 1 unspecified atom stereocenters. The Kier molecular flexibility index (Phi) is 5.21. The third kappa shape index (κ3) is 3.53. The molecule has 0 aliphatic carbocycles. The van der Waals surface area contributed by atoms with Crippen molar-refractivity contribution in [3.8, 4) is 22.6 Å². The Bertz CT molecular complexity index is 865. The molecule has 3 rings (SSSR count). The standard InChI is InChI=1S/C20H21NO6/c1-2-13-14(8-9-21-15(19(24)25)11-27-20(21)26)18(17(23)10-16(13)22)12-6-4-3-5-7-12/h3-7,10,15,22-23H,2,8-9,11H2,1H3,(H,24,25). The molecule has 1 aliphatic rings. The van der Waals surface area contributed by atoms with Crippen molar-refractivity contribution in [3.05, 3.63) is 47.5 Å². The molecule has 1 fully saturated rings. The van der Waals surface area contributed by atoms with Crippen molar-refractivity contribution in [1.29, 1.82) is 0 Å². The third-order valence-corrected chi connectivity index (χ3v) is 4.78. The number of cyclic esters (lactones) is 1. The summed E-state index contributed by atoms with van der Waals surface area (Å²) in [5.41, 5.74) is 2.69. The van der Waals surface area contributed by atoms with Crippen molar-refractivity contribution in [2.45, 2.75) is 25.8 Å². The highest BCUT2D eigenvalue weighted by Gasteiger charge is 2.38. The maximum Gasteiger partial charge on any atom is 0.410 e. The first-order valence-electron chi connectivity index (χ1n) is 8.72. The van der Waals surface area contributed by atoms with E-state index in [4.69, 9.17) is 4.74 Å². The lowest BCUT2D eigenvalue weighted by atomic mass is 9.90. The molecule has 0 bridgehead atoms. The molecule has 1 heterocycles. The molecule has 0 saturated carbocycles.